The van der Waals surface area contributed by atoms with Gasteiger partial charge >= 0.3 is 5.97 Å². The van der Waals surface area contributed by atoms with Crippen LogP contribution in [0.3, 0.4) is 0 Å². The second-order valence-electron chi connectivity index (χ2n) is 7.38. The highest BCUT2D eigenvalue weighted by atomic mass is 16.5. The molecule has 2 atom stereocenters. The molecule has 2 fully saturated rings. The highest BCUT2D eigenvalue weighted by Gasteiger charge is 2.38. The largest absolute Gasteiger partial charge is 0.466 e. The molecule has 2 aliphatic rings. The molecule has 134 valence electrons. The predicted molar refractivity (Wildman–Crippen MR) is 94.1 cm³/mol. The van der Waals surface area contributed by atoms with E-state index in [1.807, 2.05) is 6.07 Å². The fourth-order valence-electron chi connectivity index (χ4n) is 4.32. The van der Waals surface area contributed by atoms with E-state index >= 15 is 0 Å². The smallest absolute Gasteiger partial charge is 0.312 e. The highest BCUT2D eigenvalue weighted by molar-refractivity contribution is 5.84. The number of aromatic nitrogens is 1. The lowest BCUT2D eigenvalue weighted by atomic mass is 10.0. The van der Waals surface area contributed by atoms with Crippen molar-refractivity contribution in [1.82, 2.24) is 15.0 Å². The van der Waals surface area contributed by atoms with Crippen LogP contribution in [0.5, 0.6) is 0 Å². The van der Waals surface area contributed by atoms with Crippen molar-refractivity contribution in [2.24, 2.45) is 11.8 Å². The van der Waals surface area contributed by atoms with Crippen LogP contribution in [-0.2, 0) is 22.5 Å². The average molecular weight is 343 g/mol. The number of carbonyl (C=O) groups excluding carboxylic acids is 1. The first kappa shape index (κ1) is 16.5. The Balaban J connectivity index is 1.46. The van der Waals surface area contributed by atoms with E-state index in [0.29, 0.717) is 12.3 Å². The van der Waals surface area contributed by atoms with Crippen molar-refractivity contribution in [3.63, 3.8) is 0 Å². The Bertz CT molecular complexity index is 758. The summed E-state index contributed by atoms with van der Waals surface area (Å²) in [6, 6.07) is 6.17. The second-order valence-corrected chi connectivity index (χ2v) is 7.38. The van der Waals surface area contributed by atoms with Gasteiger partial charge in [0.15, 0.2) is 5.58 Å². The molecule has 1 aromatic carbocycles. The molecule has 0 bridgehead atoms. The van der Waals surface area contributed by atoms with Crippen molar-refractivity contribution in [3.8, 4) is 0 Å². The molecular formula is C19H25N3O3. The SMILES string of the molecule is CCOC(=O)Cc1noc2ccc(CN3CC4CN(C)C[C@H]4C3)cc12. The zero-order valence-corrected chi connectivity index (χ0v) is 14.9. The van der Waals surface area contributed by atoms with E-state index in [1.165, 1.54) is 31.7 Å². The van der Waals surface area contributed by atoms with Crippen molar-refractivity contribution < 1.29 is 14.1 Å². The number of rotatable bonds is 5. The van der Waals surface area contributed by atoms with Gasteiger partial charge in [0.05, 0.1) is 13.0 Å². The molecule has 4 rings (SSSR count). The Kier molecular flexibility index (Phi) is 4.48. The Hall–Kier alpha value is -1.92. The molecule has 0 aliphatic carbocycles. The van der Waals surface area contributed by atoms with Crippen LogP contribution in [0.2, 0.25) is 0 Å². The molecule has 2 saturated heterocycles. The summed E-state index contributed by atoms with van der Waals surface area (Å²) in [5.41, 5.74) is 2.63. The van der Waals surface area contributed by atoms with E-state index in [0.717, 1.165) is 29.3 Å². The number of ether oxygens (including phenoxy) is 1. The standard InChI is InChI=1S/C19H25N3O3/c1-3-24-19(23)7-17-16-6-13(4-5-18(16)25-20-17)8-22-11-14-9-21(2)10-15(14)12-22/h4-6,14-15H,3,7-12H2,1-2H3/t14-,15?/m0/s1. The summed E-state index contributed by atoms with van der Waals surface area (Å²) in [7, 11) is 2.22. The van der Waals surface area contributed by atoms with Crippen LogP contribution in [0.4, 0.5) is 0 Å². The van der Waals surface area contributed by atoms with E-state index in [1.54, 1.807) is 6.92 Å². The Morgan fingerprint density at radius 2 is 2.04 bits per heavy atom. The van der Waals surface area contributed by atoms with Crippen LogP contribution >= 0.6 is 0 Å². The van der Waals surface area contributed by atoms with Crippen molar-refractivity contribution >= 4 is 16.9 Å². The Morgan fingerprint density at radius 3 is 2.76 bits per heavy atom. The van der Waals surface area contributed by atoms with Crippen LogP contribution in [-0.4, -0.2) is 60.8 Å². The number of fused-ring (bicyclic) bond motifs is 2. The maximum absolute atomic E-state index is 11.7. The lowest BCUT2D eigenvalue weighted by Crippen LogP contribution is -2.26. The fraction of sp³-hybridized carbons (Fsp3) is 0.579. The van der Waals surface area contributed by atoms with Crippen LogP contribution < -0.4 is 0 Å². The monoisotopic (exact) mass is 343 g/mol. The third-order valence-electron chi connectivity index (χ3n) is 5.38. The number of esters is 1. The molecule has 6 heteroatoms. The molecule has 0 radical (unpaired) electrons. The zero-order chi connectivity index (χ0) is 17.4. The van der Waals surface area contributed by atoms with Crippen LogP contribution in [0.15, 0.2) is 22.7 Å². The van der Waals surface area contributed by atoms with E-state index in [4.69, 9.17) is 9.26 Å². The van der Waals surface area contributed by atoms with Crippen molar-refractivity contribution in [1.29, 1.82) is 0 Å². The molecule has 3 heterocycles. The quantitative estimate of drug-likeness (QED) is 0.773. The van der Waals surface area contributed by atoms with Crippen molar-refractivity contribution in [3.05, 3.63) is 29.5 Å². The Morgan fingerprint density at radius 1 is 1.28 bits per heavy atom. The summed E-state index contributed by atoms with van der Waals surface area (Å²) >= 11 is 0. The third-order valence-corrected chi connectivity index (χ3v) is 5.38. The zero-order valence-electron chi connectivity index (χ0n) is 14.9. The fourth-order valence-corrected chi connectivity index (χ4v) is 4.32. The number of nitrogens with zero attached hydrogens (tertiary/aromatic N) is 3. The Labute approximate surface area is 147 Å². The van der Waals surface area contributed by atoms with Gasteiger partial charge in [-0.15, -0.1) is 0 Å². The third kappa shape index (κ3) is 3.41. The number of carbonyl (C=O) groups is 1. The van der Waals surface area contributed by atoms with Crippen LogP contribution in [0.25, 0.3) is 11.0 Å². The summed E-state index contributed by atoms with van der Waals surface area (Å²) < 4.78 is 10.4. The first-order valence-corrected chi connectivity index (χ1v) is 9.06. The van der Waals surface area contributed by atoms with E-state index in [9.17, 15) is 4.79 Å². The van der Waals surface area contributed by atoms with Gasteiger partial charge in [-0.3, -0.25) is 9.69 Å². The molecule has 0 N–H and O–H groups in total. The van der Waals surface area contributed by atoms with E-state index < -0.39 is 0 Å². The predicted octanol–water partition coefficient (Wildman–Crippen LogP) is 1.93. The number of hydrogen-bond acceptors (Lipinski definition) is 6. The lowest BCUT2D eigenvalue weighted by Gasteiger charge is -2.19. The van der Waals surface area contributed by atoms with Gasteiger partial charge in [0.2, 0.25) is 0 Å². The molecule has 0 amide bonds. The minimum Gasteiger partial charge on any atom is -0.466 e. The van der Waals surface area contributed by atoms with Crippen molar-refractivity contribution in [2.75, 3.05) is 39.8 Å². The normalized spacial score (nSPS) is 24.1. The van der Waals surface area contributed by atoms with E-state index in [-0.39, 0.29) is 12.4 Å². The van der Waals surface area contributed by atoms with Gasteiger partial charge in [0.25, 0.3) is 0 Å². The molecule has 25 heavy (non-hydrogen) atoms. The summed E-state index contributed by atoms with van der Waals surface area (Å²) in [6.07, 6.45) is 0.157. The maximum Gasteiger partial charge on any atom is 0.312 e. The summed E-state index contributed by atoms with van der Waals surface area (Å²) in [4.78, 5) is 16.7. The minimum absolute atomic E-state index is 0.157. The van der Waals surface area contributed by atoms with Gasteiger partial charge in [-0.25, -0.2) is 0 Å². The maximum atomic E-state index is 11.7. The molecular weight excluding hydrogens is 318 g/mol. The van der Waals surface area contributed by atoms with Gasteiger partial charge < -0.3 is 14.2 Å². The molecule has 0 spiro atoms. The molecule has 2 aliphatic heterocycles. The first-order valence-electron chi connectivity index (χ1n) is 9.06. The van der Waals surface area contributed by atoms with Gasteiger partial charge in [-0.05, 0) is 43.5 Å². The van der Waals surface area contributed by atoms with Gasteiger partial charge in [0.1, 0.15) is 5.69 Å². The van der Waals surface area contributed by atoms with Crippen molar-refractivity contribution in [2.45, 2.75) is 19.9 Å². The van der Waals surface area contributed by atoms with Gasteiger partial charge in [-0.1, -0.05) is 11.2 Å². The number of hydrogen-bond donors (Lipinski definition) is 0. The summed E-state index contributed by atoms with van der Waals surface area (Å²) in [6.45, 7) is 7.91. The number of benzene rings is 1. The van der Waals surface area contributed by atoms with Crippen LogP contribution in [0.1, 0.15) is 18.2 Å². The van der Waals surface area contributed by atoms with E-state index in [2.05, 4.69) is 34.1 Å². The first-order chi connectivity index (χ1) is 12.1. The molecule has 2 aromatic rings. The van der Waals surface area contributed by atoms with Gasteiger partial charge in [0, 0.05) is 38.1 Å². The number of likely N-dealkylation sites (tertiary alicyclic amines) is 2. The van der Waals surface area contributed by atoms with Gasteiger partial charge in [-0.2, -0.15) is 0 Å². The second kappa shape index (κ2) is 6.77. The topological polar surface area (TPSA) is 58.8 Å². The molecule has 0 saturated carbocycles. The summed E-state index contributed by atoms with van der Waals surface area (Å²) in [5.74, 6) is 1.35. The minimum atomic E-state index is -0.264. The van der Waals surface area contributed by atoms with Crippen LogP contribution in [0, 0.1) is 11.8 Å². The average Bonchev–Trinajstić information content (AvgIpc) is 3.21. The highest BCUT2D eigenvalue weighted by Crippen LogP contribution is 2.31. The molecule has 6 nitrogen and oxygen atoms in total. The molecule has 1 unspecified atom stereocenters. The summed E-state index contributed by atoms with van der Waals surface area (Å²) in [5, 5.41) is 4.97. The lowest BCUT2D eigenvalue weighted by molar-refractivity contribution is -0.142. The molecule has 1 aromatic heterocycles.